The molecule has 0 aliphatic carbocycles. The van der Waals surface area contributed by atoms with Gasteiger partial charge in [0.1, 0.15) is 17.1 Å². The molecule has 0 radical (unpaired) electrons. The first kappa shape index (κ1) is 15.0. The van der Waals surface area contributed by atoms with Crippen molar-refractivity contribution in [1.29, 1.82) is 0 Å². The summed E-state index contributed by atoms with van der Waals surface area (Å²) in [4.78, 5) is 12.3. The molecule has 0 saturated carbocycles. The summed E-state index contributed by atoms with van der Waals surface area (Å²) in [7, 11) is -1.17. The summed E-state index contributed by atoms with van der Waals surface area (Å²) in [5.74, 6) is -0.0566. The van der Waals surface area contributed by atoms with Crippen molar-refractivity contribution in [2.45, 2.75) is 32.4 Å². The molecule has 1 N–H and O–H groups in total. The van der Waals surface area contributed by atoms with Crippen molar-refractivity contribution in [1.82, 2.24) is 24.9 Å². The molecule has 1 fully saturated rings. The number of nitrogens with one attached hydrogen (secondary N) is 1. The molecular weight excluding hydrogens is 306 g/mol. The molecule has 1 aliphatic heterocycles. The van der Waals surface area contributed by atoms with Crippen LogP contribution >= 0.6 is 0 Å². The van der Waals surface area contributed by atoms with Crippen LogP contribution in [-0.2, 0) is 21.7 Å². The van der Waals surface area contributed by atoms with Crippen LogP contribution in [0.1, 0.15) is 25.1 Å². The minimum absolute atomic E-state index is 0.0234. The van der Waals surface area contributed by atoms with Gasteiger partial charge < -0.3 is 5.32 Å². The highest BCUT2D eigenvalue weighted by molar-refractivity contribution is 7.91. The van der Waals surface area contributed by atoms with Gasteiger partial charge in [0.25, 0.3) is 0 Å². The maximum atomic E-state index is 12.3. The molecule has 9 heteroatoms. The van der Waals surface area contributed by atoms with Crippen LogP contribution < -0.4 is 5.32 Å². The van der Waals surface area contributed by atoms with E-state index in [1.165, 1.54) is 0 Å². The van der Waals surface area contributed by atoms with E-state index in [1.54, 1.807) is 22.5 Å². The maximum absolute atomic E-state index is 12.3. The molecule has 0 spiro atoms. The fraction of sp³-hybridized carbons (Fsp3) is 0.615. The number of amides is 1. The first-order valence-corrected chi connectivity index (χ1v) is 8.98. The van der Waals surface area contributed by atoms with Crippen LogP contribution in [0.25, 0.3) is 11.0 Å². The van der Waals surface area contributed by atoms with E-state index in [2.05, 4.69) is 15.5 Å². The predicted octanol–water partition coefficient (Wildman–Crippen LogP) is -0.0575. The summed E-state index contributed by atoms with van der Waals surface area (Å²) in [5, 5.41) is 11.5. The topological polar surface area (TPSA) is 98.9 Å². The van der Waals surface area contributed by atoms with Gasteiger partial charge in [-0.05, 0) is 20.3 Å². The monoisotopic (exact) mass is 325 g/mol. The van der Waals surface area contributed by atoms with Crippen LogP contribution in [0.4, 0.5) is 0 Å². The SMILES string of the molecule is Cc1nn(C)c2cn([C@@H](C)C(=O)N[C@H]3CCS(=O)(=O)C3)nc12. The number of rotatable bonds is 3. The second-order valence-corrected chi connectivity index (χ2v) is 8.07. The Morgan fingerprint density at radius 3 is 2.77 bits per heavy atom. The molecule has 120 valence electrons. The van der Waals surface area contributed by atoms with Gasteiger partial charge in [0.15, 0.2) is 9.84 Å². The molecule has 0 unspecified atom stereocenters. The fourth-order valence-electron chi connectivity index (χ4n) is 2.75. The number of hydrogen-bond donors (Lipinski definition) is 1. The first-order chi connectivity index (χ1) is 10.3. The lowest BCUT2D eigenvalue weighted by atomic mass is 10.2. The molecule has 22 heavy (non-hydrogen) atoms. The van der Waals surface area contributed by atoms with Gasteiger partial charge in [-0.25, -0.2) is 8.42 Å². The molecule has 1 aliphatic rings. The van der Waals surface area contributed by atoms with Crippen LogP contribution in [0.2, 0.25) is 0 Å². The molecule has 0 bridgehead atoms. The molecule has 1 saturated heterocycles. The number of nitrogens with zero attached hydrogens (tertiary/aromatic N) is 4. The minimum Gasteiger partial charge on any atom is -0.350 e. The Morgan fingerprint density at radius 2 is 2.18 bits per heavy atom. The van der Waals surface area contributed by atoms with E-state index in [0.717, 1.165) is 16.7 Å². The van der Waals surface area contributed by atoms with Crippen molar-refractivity contribution in [2.24, 2.45) is 7.05 Å². The fourth-order valence-corrected chi connectivity index (χ4v) is 4.43. The Bertz CT molecular complexity index is 801. The van der Waals surface area contributed by atoms with Crippen molar-refractivity contribution < 1.29 is 13.2 Å². The highest BCUT2D eigenvalue weighted by Crippen LogP contribution is 2.18. The summed E-state index contributed by atoms with van der Waals surface area (Å²) in [6.07, 6.45) is 2.26. The van der Waals surface area contributed by atoms with E-state index in [9.17, 15) is 13.2 Å². The lowest BCUT2D eigenvalue weighted by molar-refractivity contribution is -0.124. The van der Waals surface area contributed by atoms with Gasteiger partial charge in [-0.3, -0.25) is 14.2 Å². The van der Waals surface area contributed by atoms with Gasteiger partial charge >= 0.3 is 0 Å². The van der Waals surface area contributed by atoms with Crippen LogP contribution in [-0.4, -0.2) is 51.4 Å². The van der Waals surface area contributed by atoms with Gasteiger partial charge in [0.2, 0.25) is 5.91 Å². The normalized spacial score (nSPS) is 22.0. The average molecular weight is 325 g/mol. The van der Waals surface area contributed by atoms with Crippen molar-refractivity contribution in [3.8, 4) is 0 Å². The summed E-state index contributed by atoms with van der Waals surface area (Å²) in [6.45, 7) is 3.61. The molecule has 2 atom stereocenters. The average Bonchev–Trinajstić information content (AvgIpc) is 3.07. The Hall–Kier alpha value is -1.90. The highest BCUT2D eigenvalue weighted by atomic mass is 32.2. The molecule has 2 aromatic heterocycles. The molecule has 3 rings (SSSR count). The quantitative estimate of drug-likeness (QED) is 0.852. The third kappa shape index (κ3) is 2.60. The second kappa shape index (κ2) is 5.08. The zero-order valence-corrected chi connectivity index (χ0v) is 13.6. The van der Waals surface area contributed by atoms with Gasteiger partial charge in [-0.1, -0.05) is 0 Å². The summed E-state index contributed by atoms with van der Waals surface area (Å²) < 4.78 is 26.2. The van der Waals surface area contributed by atoms with Gasteiger partial charge in [0, 0.05) is 13.1 Å². The predicted molar refractivity (Wildman–Crippen MR) is 81.1 cm³/mol. The van der Waals surface area contributed by atoms with E-state index in [0.29, 0.717) is 6.42 Å². The van der Waals surface area contributed by atoms with Crippen LogP contribution in [0, 0.1) is 6.92 Å². The number of carbonyl (C=O) groups excluding carboxylic acids is 1. The number of fused-ring (bicyclic) bond motifs is 1. The number of aryl methyl sites for hydroxylation is 2. The van der Waals surface area contributed by atoms with Crippen LogP contribution in [0.15, 0.2) is 6.20 Å². The highest BCUT2D eigenvalue weighted by Gasteiger charge is 2.30. The third-order valence-electron chi connectivity index (χ3n) is 4.06. The largest absolute Gasteiger partial charge is 0.350 e. The van der Waals surface area contributed by atoms with E-state index >= 15 is 0 Å². The first-order valence-electron chi connectivity index (χ1n) is 7.16. The summed E-state index contributed by atoms with van der Waals surface area (Å²) in [6, 6.07) is -0.802. The van der Waals surface area contributed by atoms with Crippen molar-refractivity contribution >= 4 is 26.8 Å². The molecule has 8 nitrogen and oxygen atoms in total. The molecular formula is C13H19N5O3S. The van der Waals surface area contributed by atoms with Gasteiger partial charge in [-0.15, -0.1) is 0 Å². The van der Waals surface area contributed by atoms with E-state index in [4.69, 9.17) is 0 Å². The Balaban J connectivity index is 1.76. The van der Waals surface area contributed by atoms with Crippen molar-refractivity contribution in [2.75, 3.05) is 11.5 Å². The van der Waals surface area contributed by atoms with Gasteiger partial charge in [-0.2, -0.15) is 10.2 Å². The lowest BCUT2D eigenvalue weighted by Gasteiger charge is -2.16. The molecule has 2 aromatic rings. The van der Waals surface area contributed by atoms with Crippen LogP contribution in [0.3, 0.4) is 0 Å². The number of hydrogen-bond acceptors (Lipinski definition) is 5. The zero-order valence-electron chi connectivity index (χ0n) is 12.8. The summed E-state index contributed by atoms with van der Waals surface area (Å²) in [5.41, 5.74) is 2.44. The van der Waals surface area contributed by atoms with Gasteiger partial charge in [0.05, 0.1) is 23.4 Å². The van der Waals surface area contributed by atoms with E-state index in [-0.39, 0.29) is 23.5 Å². The van der Waals surface area contributed by atoms with E-state index < -0.39 is 15.9 Å². The van der Waals surface area contributed by atoms with Crippen molar-refractivity contribution in [3.63, 3.8) is 0 Å². The molecule has 1 amide bonds. The standard InChI is InChI=1S/C13H19N5O3S/c1-8-12-11(17(3)15-8)6-18(16-12)9(2)13(19)14-10-4-5-22(20,21)7-10/h6,9-10H,4-5,7H2,1-3H3,(H,14,19)/t9-,10-/m0/s1. The number of carbonyl (C=O) groups is 1. The van der Waals surface area contributed by atoms with Crippen LogP contribution in [0.5, 0.6) is 0 Å². The maximum Gasteiger partial charge on any atom is 0.244 e. The van der Waals surface area contributed by atoms with E-state index in [1.807, 2.05) is 14.0 Å². The lowest BCUT2D eigenvalue weighted by Crippen LogP contribution is -2.39. The van der Waals surface area contributed by atoms with Crippen molar-refractivity contribution in [3.05, 3.63) is 11.9 Å². The Kier molecular flexibility index (Phi) is 3.47. The molecule has 0 aromatic carbocycles. The smallest absolute Gasteiger partial charge is 0.244 e. The molecule has 3 heterocycles. The Morgan fingerprint density at radius 1 is 1.45 bits per heavy atom. The third-order valence-corrected chi connectivity index (χ3v) is 5.83. The zero-order chi connectivity index (χ0) is 16.1. The second-order valence-electron chi connectivity index (χ2n) is 5.84. The Labute approximate surface area is 128 Å². The minimum atomic E-state index is -3.00. The number of aromatic nitrogens is 4. The number of sulfone groups is 1. The summed E-state index contributed by atoms with van der Waals surface area (Å²) >= 11 is 0.